The maximum Gasteiger partial charge on any atom is 0.373 e. The summed E-state index contributed by atoms with van der Waals surface area (Å²) in [6.45, 7) is 5.20. The molecule has 1 unspecified atom stereocenters. The second kappa shape index (κ2) is 7.12. The molecule has 0 aliphatic heterocycles. The number of hydrogen-bond acceptors (Lipinski definition) is 4. The first-order valence-electron chi connectivity index (χ1n) is 6.14. The van der Waals surface area contributed by atoms with Crippen LogP contribution >= 0.6 is 0 Å². The molecule has 4 heteroatoms. The van der Waals surface area contributed by atoms with E-state index in [1.807, 2.05) is 6.07 Å². The lowest BCUT2D eigenvalue weighted by atomic mass is 10.1. The second-order valence-corrected chi connectivity index (χ2v) is 3.99. The largest absolute Gasteiger partial charge is 0.463 e. The first-order valence-corrected chi connectivity index (χ1v) is 6.14. The molecule has 1 rings (SSSR count). The summed E-state index contributed by atoms with van der Waals surface area (Å²) in [4.78, 5) is 11.3. The summed E-state index contributed by atoms with van der Waals surface area (Å²) in [6.07, 6.45) is 3.13. The first-order chi connectivity index (χ1) is 8.22. The Kier molecular flexibility index (Phi) is 5.77. The van der Waals surface area contributed by atoms with Crippen molar-refractivity contribution in [2.75, 3.05) is 13.7 Å². The molecule has 0 aromatic carbocycles. The van der Waals surface area contributed by atoms with Crippen LogP contribution < -0.4 is 5.32 Å². The van der Waals surface area contributed by atoms with Gasteiger partial charge in [0.25, 0.3) is 0 Å². The zero-order valence-corrected chi connectivity index (χ0v) is 10.8. The molecule has 96 valence electrons. The molecular weight excluding hydrogens is 218 g/mol. The molecule has 0 bridgehead atoms. The topological polar surface area (TPSA) is 51.5 Å². The molecule has 0 aliphatic rings. The predicted molar refractivity (Wildman–Crippen MR) is 66.0 cm³/mol. The molecule has 1 aromatic heterocycles. The van der Waals surface area contributed by atoms with E-state index in [9.17, 15) is 4.79 Å². The number of hydrogen-bond donors (Lipinski definition) is 1. The fourth-order valence-electron chi connectivity index (χ4n) is 1.70. The molecule has 0 amide bonds. The Morgan fingerprint density at radius 1 is 1.41 bits per heavy atom. The number of carbonyl (C=O) groups is 1. The van der Waals surface area contributed by atoms with E-state index in [2.05, 4.69) is 23.9 Å². The number of methoxy groups -OCH3 is 1. The lowest BCUT2D eigenvalue weighted by molar-refractivity contribution is 0.0562. The van der Waals surface area contributed by atoms with Crippen molar-refractivity contribution in [1.29, 1.82) is 0 Å². The van der Waals surface area contributed by atoms with Crippen molar-refractivity contribution < 1.29 is 13.9 Å². The van der Waals surface area contributed by atoms with Crippen LogP contribution in [0.3, 0.4) is 0 Å². The first kappa shape index (κ1) is 13.8. The standard InChI is InChI=1S/C13H21NO3/c1-4-6-10(14-9-5-2)11-7-8-12(17-11)13(15)16-3/h7-8,10,14H,4-6,9H2,1-3H3. The number of ether oxygens (including phenoxy) is 1. The van der Waals surface area contributed by atoms with Crippen LogP contribution in [0.1, 0.15) is 55.5 Å². The summed E-state index contributed by atoms with van der Waals surface area (Å²) < 4.78 is 10.1. The number of nitrogens with one attached hydrogen (secondary N) is 1. The highest BCUT2D eigenvalue weighted by Crippen LogP contribution is 2.21. The van der Waals surface area contributed by atoms with Gasteiger partial charge in [-0.25, -0.2) is 4.79 Å². The van der Waals surface area contributed by atoms with Crippen LogP contribution in [-0.4, -0.2) is 19.6 Å². The van der Waals surface area contributed by atoms with Crippen molar-refractivity contribution in [1.82, 2.24) is 5.32 Å². The Balaban J connectivity index is 2.72. The molecule has 4 nitrogen and oxygen atoms in total. The fraction of sp³-hybridized carbons (Fsp3) is 0.615. The normalized spacial score (nSPS) is 12.4. The smallest absolute Gasteiger partial charge is 0.373 e. The van der Waals surface area contributed by atoms with Crippen LogP contribution in [0.2, 0.25) is 0 Å². The zero-order valence-electron chi connectivity index (χ0n) is 10.8. The molecule has 0 saturated carbocycles. The van der Waals surface area contributed by atoms with Crippen molar-refractivity contribution in [3.63, 3.8) is 0 Å². The van der Waals surface area contributed by atoms with E-state index in [0.29, 0.717) is 0 Å². The summed E-state index contributed by atoms with van der Waals surface area (Å²) in [5.74, 6) is 0.643. The van der Waals surface area contributed by atoms with Crippen molar-refractivity contribution in [2.24, 2.45) is 0 Å². The van der Waals surface area contributed by atoms with Gasteiger partial charge < -0.3 is 14.5 Å². The van der Waals surface area contributed by atoms with Gasteiger partial charge in [0.2, 0.25) is 5.76 Å². The molecule has 1 atom stereocenters. The quantitative estimate of drug-likeness (QED) is 0.743. The van der Waals surface area contributed by atoms with Gasteiger partial charge in [0, 0.05) is 0 Å². The van der Waals surface area contributed by atoms with Gasteiger partial charge in [-0.2, -0.15) is 0 Å². The highest BCUT2D eigenvalue weighted by Gasteiger charge is 2.17. The Morgan fingerprint density at radius 3 is 2.76 bits per heavy atom. The van der Waals surface area contributed by atoms with Gasteiger partial charge in [0.15, 0.2) is 0 Å². The third kappa shape index (κ3) is 3.89. The molecule has 1 N–H and O–H groups in total. The van der Waals surface area contributed by atoms with E-state index in [0.717, 1.165) is 31.6 Å². The van der Waals surface area contributed by atoms with Gasteiger partial charge in [0.1, 0.15) is 5.76 Å². The third-order valence-corrected chi connectivity index (χ3v) is 2.57. The number of rotatable bonds is 7. The SMILES string of the molecule is CCCNC(CCC)c1ccc(C(=O)OC)o1. The second-order valence-electron chi connectivity index (χ2n) is 3.99. The number of esters is 1. The van der Waals surface area contributed by atoms with Gasteiger partial charge in [0.05, 0.1) is 13.2 Å². The van der Waals surface area contributed by atoms with E-state index in [1.165, 1.54) is 7.11 Å². The van der Waals surface area contributed by atoms with Crippen molar-refractivity contribution in [3.8, 4) is 0 Å². The highest BCUT2D eigenvalue weighted by molar-refractivity contribution is 5.86. The summed E-state index contributed by atoms with van der Waals surface area (Å²) in [6, 6.07) is 3.69. The van der Waals surface area contributed by atoms with Crippen molar-refractivity contribution in [3.05, 3.63) is 23.7 Å². The van der Waals surface area contributed by atoms with E-state index < -0.39 is 5.97 Å². The van der Waals surface area contributed by atoms with Gasteiger partial charge in [-0.05, 0) is 31.5 Å². The highest BCUT2D eigenvalue weighted by atomic mass is 16.5. The molecule has 0 spiro atoms. The van der Waals surface area contributed by atoms with Crippen LogP contribution in [0.4, 0.5) is 0 Å². The lowest BCUT2D eigenvalue weighted by Crippen LogP contribution is -2.21. The summed E-state index contributed by atoms with van der Waals surface area (Å²) in [5.41, 5.74) is 0. The Hall–Kier alpha value is -1.29. The minimum Gasteiger partial charge on any atom is -0.463 e. The van der Waals surface area contributed by atoms with Crippen LogP contribution in [0.5, 0.6) is 0 Å². The maximum absolute atomic E-state index is 11.3. The van der Waals surface area contributed by atoms with Gasteiger partial charge in [-0.1, -0.05) is 20.3 Å². The average Bonchev–Trinajstić information content (AvgIpc) is 2.83. The van der Waals surface area contributed by atoms with E-state index >= 15 is 0 Å². The van der Waals surface area contributed by atoms with E-state index in [-0.39, 0.29) is 11.8 Å². The Morgan fingerprint density at radius 2 is 2.18 bits per heavy atom. The molecule has 17 heavy (non-hydrogen) atoms. The minimum atomic E-state index is -0.429. The minimum absolute atomic E-state index is 0.179. The molecule has 0 saturated heterocycles. The summed E-state index contributed by atoms with van der Waals surface area (Å²) >= 11 is 0. The Labute approximate surface area is 102 Å². The average molecular weight is 239 g/mol. The lowest BCUT2D eigenvalue weighted by Gasteiger charge is -2.14. The number of furan rings is 1. The van der Waals surface area contributed by atoms with Crippen LogP contribution in [0.25, 0.3) is 0 Å². The zero-order chi connectivity index (χ0) is 12.7. The van der Waals surface area contributed by atoms with Crippen LogP contribution in [0, 0.1) is 0 Å². The molecular formula is C13H21NO3. The summed E-state index contributed by atoms with van der Waals surface area (Å²) in [7, 11) is 1.35. The van der Waals surface area contributed by atoms with E-state index in [4.69, 9.17) is 4.42 Å². The third-order valence-electron chi connectivity index (χ3n) is 2.57. The monoisotopic (exact) mass is 239 g/mol. The predicted octanol–water partition coefficient (Wildman–Crippen LogP) is 2.91. The molecule has 1 aromatic rings. The van der Waals surface area contributed by atoms with Gasteiger partial charge in [-0.3, -0.25) is 0 Å². The molecule has 0 fully saturated rings. The van der Waals surface area contributed by atoms with Crippen LogP contribution in [-0.2, 0) is 4.74 Å². The molecule has 0 aliphatic carbocycles. The van der Waals surface area contributed by atoms with Gasteiger partial charge in [-0.15, -0.1) is 0 Å². The fourth-order valence-corrected chi connectivity index (χ4v) is 1.70. The van der Waals surface area contributed by atoms with E-state index in [1.54, 1.807) is 6.07 Å². The van der Waals surface area contributed by atoms with Crippen molar-refractivity contribution in [2.45, 2.75) is 39.2 Å². The number of carbonyl (C=O) groups excluding carboxylic acids is 1. The Bertz CT molecular complexity index is 346. The van der Waals surface area contributed by atoms with Gasteiger partial charge >= 0.3 is 5.97 Å². The maximum atomic E-state index is 11.3. The molecule has 0 radical (unpaired) electrons. The molecule has 1 heterocycles. The van der Waals surface area contributed by atoms with Crippen molar-refractivity contribution >= 4 is 5.97 Å². The summed E-state index contributed by atoms with van der Waals surface area (Å²) in [5, 5.41) is 3.41. The van der Waals surface area contributed by atoms with Crippen LogP contribution in [0.15, 0.2) is 16.5 Å².